The van der Waals surface area contributed by atoms with Gasteiger partial charge in [0.05, 0.1) is 6.54 Å². The average Bonchev–Trinajstić information content (AvgIpc) is 2.39. The van der Waals surface area contributed by atoms with Crippen molar-refractivity contribution in [3.05, 3.63) is 0 Å². The van der Waals surface area contributed by atoms with Crippen LogP contribution < -0.4 is 0 Å². The van der Waals surface area contributed by atoms with Crippen molar-refractivity contribution in [3.8, 4) is 0 Å². The van der Waals surface area contributed by atoms with Crippen LogP contribution in [0, 0.1) is 0 Å². The highest BCUT2D eigenvalue weighted by Gasteiger charge is 2.25. The minimum absolute atomic E-state index is 0.350. The molecule has 0 radical (unpaired) electrons. The normalized spacial score (nSPS) is 20.4. The van der Waals surface area contributed by atoms with E-state index < -0.39 is 0 Å². The molecule has 1 heterocycles. The molecule has 1 aliphatic heterocycles. The molecule has 0 saturated carbocycles. The maximum atomic E-state index is 12.4. The summed E-state index contributed by atoms with van der Waals surface area (Å²) in [6, 6.07) is 0.497. The Morgan fingerprint density at radius 3 is 2.39 bits per heavy atom. The maximum absolute atomic E-state index is 12.4. The van der Waals surface area contributed by atoms with Crippen LogP contribution in [0.15, 0.2) is 0 Å². The van der Waals surface area contributed by atoms with E-state index in [1.54, 1.807) is 0 Å². The molecule has 0 bridgehead atoms. The second-order valence-electron chi connectivity index (χ2n) is 5.42. The lowest BCUT2D eigenvalue weighted by Gasteiger charge is -2.36. The van der Waals surface area contributed by atoms with Gasteiger partial charge in [-0.25, -0.2) is 0 Å². The number of amides is 1. The molecule has 0 aromatic carbocycles. The smallest absolute Gasteiger partial charge is 0.236 e. The van der Waals surface area contributed by atoms with Gasteiger partial charge < -0.3 is 4.90 Å². The molecule has 1 aliphatic rings. The third-order valence-electron chi connectivity index (χ3n) is 3.86. The lowest BCUT2D eigenvalue weighted by molar-refractivity contribution is -0.136. The number of hydrogen-bond donors (Lipinski definition) is 0. The standard InChI is InChI=1S/C15H30N2O/c1-4-10-16(11-5-2)13-15(18)17-12-8-7-9-14(17)6-3/h14H,4-13H2,1-3H3. The molecule has 1 unspecified atom stereocenters. The number of likely N-dealkylation sites (tertiary alicyclic amines) is 1. The molecule has 1 saturated heterocycles. The van der Waals surface area contributed by atoms with E-state index in [9.17, 15) is 4.79 Å². The predicted molar refractivity (Wildman–Crippen MR) is 76.7 cm³/mol. The van der Waals surface area contributed by atoms with Gasteiger partial charge in [-0.2, -0.15) is 0 Å². The Morgan fingerprint density at radius 1 is 1.17 bits per heavy atom. The quantitative estimate of drug-likeness (QED) is 0.697. The van der Waals surface area contributed by atoms with Crippen molar-refractivity contribution >= 4 is 5.91 Å². The van der Waals surface area contributed by atoms with Gasteiger partial charge in [0.2, 0.25) is 5.91 Å². The van der Waals surface area contributed by atoms with E-state index in [0.717, 1.165) is 38.9 Å². The van der Waals surface area contributed by atoms with Crippen LogP contribution in [0.5, 0.6) is 0 Å². The van der Waals surface area contributed by atoms with Gasteiger partial charge in [-0.05, 0) is 51.6 Å². The van der Waals surface area contributed by atoms with Crippen molar-refractivity contribution < 1.29 is 4.79 Å². The molecule has 1 fully saturated rings. The Hall–Kier alpha value is -0.570. The summed E-state index contributed by atoms with van der Waals surface area (Å²) < 4.78 is 0. The highest BCUT2D eigenvalue weighted by molar-refractivity contribution is 5.78. The first-order valence-corrected chi connectivity index (χ1v) is 7.74. The fourth-order valence-electron chi connectivity index (χ4n) is 2.94. The zero-order valence-corrected chi connectivity index (χ0v) is 12.5. The third-order valence-corrected chi connectivity index (χ3v) is 3.86. The first kappa shape index (κ1) is 15.5. The fourth-order valence-corrected chi connectivity index (χ4v) is 2.94. The summed E-state index contributed by atoms with van der Waals surface area (Å²) in [5.41, 5.74) is 0. The molecule has 3 heteroatoms. The molecule has 18 heavy (non-hydrogen) atoms. The minimum Gasteiger partial charge on any atom is -0.339 e. The number of piperidine rings is 1. The zero-order chi connectivity index (χ0) is 13.4. The topological polar surface area (TPSA) is 23.6 Å². The van der Waals surface area contributed by atoms with Gasteiger partial charge >= 0.3 is 0 Å². The Kier molecular flexibility index (Phi) is 7.33. The number of carbonyl (C=O) groups excluding carboxylic acids is 1. The zero-order valence-electron chi connectivity index (χ0n) is 12.5. The van der Waals surface area contributed by atoms with E-state index in [1.165, 1.54) is 19.3 Å². The number of rotatable bonds is 7. The van der Waals surface area contributed by atoms with E-state index in [4.69, 9.17) is 0 Å². The molecule has 0 aromatic rings. The van der Waals surface area contributed by atoms with Gasteiger partial charge in [-0.15, -0.1) is 0 Å². The summed E-state index contributed by atoms with van der Waals surface area (Å²) in [6.07, 6.45) is 7.03. The highest BCUT2D eigenvalue weighted by atomic mass is 16.2. The molecule has 1 rings (SSSR count). The molecular formula is C15H30N2O. The summed E-state index contributed by atoms with van der Waals surface area (Å²) in [4.78, 5) is 16.9. The van der Waals surface area contributed by atoms with Gasteiger partial charge in [0.15, 0.2) is 0 Å². The Balaban J connectivity index is 2.50. The van der Waals surface area contributed by atoms with Gasteiger partial charge in [0, 0.05) is 12.6 Å². The summed E-state index contributed by atoms with van der Waals surface area (Å²) in [7, 11) is 0. The van der Waals surface area contributed by atoms with Gasteiger partial charge in [-0.1, -0.05) is 20.8 Å². The van der Waals surface area contributed by atoms with Gasteiger partial charge in [0.1, 0.15) is 0 Å². The van der Waals surface area contributed by atoms with Crippen LogP contribution in [0.1, 0.15) is 59.3 Å². The minimum atomic E-state index is 0.350. The van der Waals surface area contributed by atoms with Crippen LogP contribution >= 0.6 is 0 Å². The van der Waals surface area contributed by atoms with Crippen LogP contribution in [0.3, 0.4) is 0 Å². The van der Waals surface area contributed by atoms with Crippen LogP contribution in [-0.4, -0.2) is 47.9 Å². The SMILES string of the molecule is CCCN(CCC)CC(=O)N1CCCCC1CC. The molecule has 1 atom stereocenters. The Bertz CT molecular complexity index is 237. The fraction of sp³-hybridized carbons (Fsp3) is 0.933. The van der Waals surface area contributed by atoms with Crippen molar-refractivity contribution in [2.75, 3.05) is 26.2 Å². The van der Waals surface area contributed by atoms with Gasteiger partial charge in [0.25, 0.3) is 0 Å². The van der Waals surface area contributed by atoms with E-state index in [0.29, 0.717) is 18.5 Å². The van der Waals surface area contributed by atoms with Crippen LogP contribution in [0.2, 0.25) is 0 Å². The molecule has 106 valence electrons. The van der Waals surface area contributed by atoms with Crippen molar-refractivity contribution in [3.63, 3.8) is 0 Å². The monoisotopic (exact) mass is 254 g/mol. The van der Waals surface area contributed by atoms with Crippen molar-refractivity contribution in [2.45, 2.75) is 65.3 Å². The first-order chi connectivity index (χ1) is 8.72. The van der Waals surface area contributed by atoms with E-state index in [2.05, 4.69) is 30.6 Å². The first-order valence-electron chi connectivity index (χ1n) is 7.74. The molecule has 0 aromatic heterocycles. The molecule has 0 N–H and O–H groups in total. The molecule has 0 aliphatic carbocycles. The molecular weight excluding hydrogens is 224 g/mol. The van der Waals surface area contributed by atoms with Gasteiger partial charge in [-0.3, -0.25) is 9.69 Å². The third kappa shape index (κ3) is 4.60. The lowest BCUT2D eigenvalue weighted by Crippen LogP contribution is -2.48. The average molecular weight is 254 g/mol. The van der Waals surface area contributed by atoms with Crippen molar-refractivity contribution in [1.29, 1.82) is 0 Å². The number of hydrogen-bond acceptors (Lipinski definition) is 2. The maximum Gasteiger partial charge on any atom is 0.236 e. The predicted octanol–water partition coefficient (Wildman–Crippen LogP) is 2.90. The summed E-state index contributed by atoms with van der Waals surface area (Å²) in [5.74, 6) is 0.350. The van der Waals surface area contributed by atoms with Crippen LogP contribution in [0.4, 0.5) is 0 Å². The lowest BCUT2D eigenvalue weighted by atomic mass is 10.00. The summed E-state index contributed by atoms with van der Waals surface area (Å²) in [5, 5.41) is 0. The van der Waals surface area contributed by atoms with Crippen molar-refractivity contribution in [2.24, 2.45) is 0 Å². The molecule has 1 amide bonds. The highest BCUT2D eigenvalue weighted by Crippen LogP contribution is 2.19. The summed E-state index contributed by atoms with van der Waals surface area (Å²) >= 11 is 0. The molecule has 0 spiro atoms. The summed E-state index contributed by atoms with van der Waals surface area (Å²) in [6.45, 7) is 10.3. The second kappa shape index (κ2) is 8.52. The largest absolute Gasteiger partial charge is 0.339 e. The van der Waals surface area contributed by atoms with Crippen LogP contribution in [0.25, 0.3) is 0 Å². The number of nitrogens with zero attached hydrogens (tertiary/aromatic N) is 2. The van der Waals surface area contributed by atoms with Crippen molar-refractivity contribution in [1.82, 2.24) is 9.80 Å². The second-order valence-corrected chi connectivity index (χ2v) is 5.42. The number of carbonyl (C=O) groups is 1. The van der Waals surface area contributed by atoms with E-state index in [1.807, 2.05) is 0 Å². The van der Waals surface area contributed by atoms with Crippen LogP contribution in [-0.2, 0) is 4.79 Å². The molecule has 3 nitrogen and oxygen atoms in total. The van der Waals surface area contributed by atoms with E-state index in [-0.39, 0.29) is 0 Å². The Morgan fingerprint density at radius 2 is 1.83 bits per heavy atom. The van der Waals surface area contributed by atoms with E-state index >= 15 is 0 Å². The Labute approximate surface area is 113 Å².